The minimum atomic E-state index is -0.467. The standard InChI is InChI=1S/C18H29N3O4/c1-13(2)25-16-9-8-14(17(22)24-6)12-15(16)19-18(23)21(5)11-7-10-20(3)4/h8-9,12-13H,7,10-11H2,1-6H3,(H,19,23). The van der Waals surface area contributed by atoms with Crippen molar-refractivity contribution in [2.24, 2.45) is 0 Å². The molecule has 0 aliphatic heterocycles. The van der Waals surface area contributed by atoms with Gasteiger partial charge in [0, 0.05) is 13.6 Å². The molecule has 1 aromatic rings. The number of hydrogen-bond acceptors (Lipinski definition) is 5. The Hall–Kier alpha value is -2.28. The molecule has 2 amide bonds. The minimum Gasteiger partial charge on any atom is -0.489 e. The van der Waals surface area contributed by atoms with Crippen molar-refractivity contribution in [1.82, 2.24) is 9.80 Å². The number of carbonyl (C=O) groups is 2. The summed E-state index contributed by atoms with van der Waals surface area (Å²) in [5, 5.41) is 2.81. The van der Waals surface area contributed by atoms with Gasteiger partial charge >= 0.3 is 12.0 Å². The Morgan fingerprint density at radius 3 is 2.40 bits per heavy atom. The van der Waals surface area contributed by atoms with Crippen LogP contribution in [0.2, 0.25) is 0 Å². The van der Waals surface area contributed by atoms with E-state index < -0.39 is 5.97 Å². The number of anilines is 1. The largest absolute Gasteiger partial charge is 0.489 e. The van der Waals surface area contributed by atoms with E-state index in [2.05, 4.69) is 10.2 Å². The van der Waals surface area contributed by atoms with Crippen LogP contribution in [-0.4, -0.2) is 69.2 Å². The fourth-order valence-electron chi connectivity index (χ4n) is 2.17. The zero-order valence-electron chi connectivity index (χ0n) is 16.0. The summed E-state index contributed by atoms with van der Waals surface area (Å²) in [6, 6.07) is 4.58. The third kappa shape index (κ3) is 7.01. The Bertz CT molecular complexity index is 588. The maximum atomic E-state index is 12.4. The summed E-state index contributed by atoms with van der Waals surface area (Å²) in [5.41, 5.74) is 0.797. The van der Waals surface area contributed by atoms with Crippen LogP contribution in [0.25, 0.3) is 0 Å². The normalized spacial score (nSPS) is 10.7. The van der Waals surface area contributed by atoms with E-state index in [1.165, 1.54) is 7.11 Å². The molecule has 0 unspecified atom stereocenters. The van der Waals surface area contributed by atoms with E-state index in [0.29, 0.717) is 23.5 Å². The lowest BCUT2D eigenvalue weighted by Crippen LogP contribution is -2.33. The summed E-state index contributed by atoms with van der Waals surface area (Å²) in [6.45, 7) is 5.32. The van der Waals surface area contributed by atoms with Crippen molar-refractivity contribution in [3.63, 3.8) is 0 Å². The highest BCUT2D eigenvalue weighted by molar-refractivity contribution is 5.95. The third-order valence-corrected chi connectivity index (χ3v) is 3.45. The second kappa shape index (κ2) is 9.88. The average Bonchev–Trinajstić information content (AvgIpc) is 2.54. The molecule has 0 heterocycles. The van der Waals surface area contributed by atoms with Crippen LogP contribution in [0, 0.1) is 0 Å². The van der Waals surface area contributed by atoms with E-state index >= 15 is 0 Å². The highest BCUT2D eigenvalue weighted by atomic mass is 16.5. The summed E-state index contributed by atoms with van der Waals surface area (Å²) in [7, 11) is 7.04. The molecule has 0 fully saturated rings. The predicted octanol–water partition coefficient (Wildman–Crippen LogP) is 2.68. The van der Waals surface area contributed by atoms with Crippen LogP contribution in [0.3, 0.4) is 0 Å². The van der Waals surface area contributed by atoms with Crippen molar-refractivity contribution in [1.29, 1.82) is 0 Å². The zero-order valence-corrected chi connectivity index (χ0v) is 16.0. The molecule has 0 bridgehead atoms. The second-order valence-electron chi connectivity index (χ2n) is 6.38. The number of esters is 1. The molecular weight excluding hydrogens is 322 g/mol. The molecular formula is C18H29N3O4. The van der Waals surface area contributed by atoms with Crippen LogP contribution >= 0.6 is 0 Å². The van der Waals surface area contributed by atoms with Gasteiger partial charge in [-0.1, -0.05) is 0 Å². The molecule has 0 saturated carbocycles. The summed E-state index contributed by atoms with van der Waals surface area (Å²) < 4.78 is 10.4. The zero-order chi connectivity index (χ0) is 19.0. The van der Waals surface area contributed by atoms with Crippen molar-refractivity contribution in [3.05, 3.63) is 23.8 Å². The van der Waals surface area contributed by atoms with E-state index in [4.69, 9.17) is 9.47 Å². The first-order chi connectivity index (χ1) is 11.7. The maximum absolute atomic E-state index is 12.4. The van der Waals surface area contributed by atoms with Gasteiger partial charge in [0.1, 0.15) is 5.75 Å². The van der Waals surface area contributed by atoms with Crippen molar-refractivity contribution in [3.8, 4) is 5.75 Å². The van der Waals surface area contributed by atoms with Gasteiger partial charge in [0.2, 0.25) is 0 Å². The quantitative estimate of drug-likeness (QED) is 0.729. The number of amides is 2. The van der Waals surface area contributed by atoms with E-state index in [1.807, 2.05) is 27.9 Å². The number of ether oxygens (including phenoxy) is 2. The Kier molecular flexibility index (Phi) is 8.21. The summed E-state index contributed by atoms with van der Waals surface area (Å²) in [4.78, 5) is 27.8. The summed E-state index contributed by atoms with van der Waals surface area (Å²) >= 11 is 0. The smallest absolute Gasteiger partial charge is 0.337 e. The molecule has 0 aliphatic carbocycles. The van der Waals surface area contributed by atoms with Gasteiger partial charge in [0.05, 0.1) is 24.5 Å². The Morgan fingerprint density at radius 2 is 1.84 bits per heavy atom. The minimum absolute atomic E-state index is 0.0579. The van der Waals surface area contributed by atoms with Crippen molar-refractivity contribution in [2.75, 3.05) is 46.7 Å². The Balaban J connectivity index is 2.88. The topological polar surface area (TPSA) is 71.1 Å². The molecule has 1 rings (SSSR count). The Labute approximate surface area is 149 Å². The lowest BCUT2D eigenvalue weighted by molar-refractivity contribution is 0.0600. The van der Waals surface area contributed by atoms with Crippen LogP contribution in [0.1, 0.15) is 30.6 Å². The number of methoxy groups -OCH3 is 1. The van der Waals surface area contributed by atoms with Crippen LogP contribution in [0.5, 0.6) is 5.75 Å². The Morgan fingerprint density at radius 1 is 1.16 bits per heavy atom. The highest BCUT2D eigenvalue weighted by Gasteiger charge is 2.16. The van der Waals surface area contributed by atoms with Gasteiger partial charge in [-0.15, -0.1) is 0 Å². The number of nitrogens with zero attached hydrogens (tertiary/aromatic N) is 2. The van der Waals surface area contributed by atoms with E-state index in [1.54, 1.807) is 30.1 Å². The molecule has 0 radical (unpaired) electrons. The molecule has 0 spiro atoms. The monoisotopic (exact) mass is 351 g/mol. The van der Waals surface area contributed by atoms with Gasteiger partial charge in [-0.2, -0.15) is 0 Å². The highest BCUT2D eigenvalue weighted by Crippen LogP contribution is 2.27. The molecule has 1 aromatic carbocycles. The maximum Gasteiger partial charge on any atom is 0.337 e. The first-order valence-electron chi connectivity index (χ1n) is 8.30. The first-order valence-corrected chi connectivity index (χ1v) is 8.30. The molecule has 0 aliphatic rings. The van der Waals surface area contributed by atoms with Gasteiger partial charge in [0.15, 0.2) is 0 Å². The van der Waals surface area contributed by atoms with Gasteiger partial charge in [0.25, 0.3) is 0 Å². The van der Waals surface area contributed by atoms with E-state index in [-0.39, 0.29) is 12.1 Å². The molecule has 0 aromatic heterocycles. The fraction of sp³-hybridized carbons (Fsp3) is 0.556. The third-order valence-electron chi connectivity index (χ3n) is 3.45. The van der Waals surface area contributed by atoms with Crippen LogP contribution in [0.15, 0.2) is 18.2 Å². The van der Waals surface area contributed by atoms with E-state index in [0.717, 1.165) is 13.0 Å². The summed E-state index contributed by atoms with van der Waals surface area (Å²) in [6.07, 6.45) is 0.812. The van der Waals surface area contributed by atoms with Gasteiger partial charge < -0.3 is 24.6 Å². The number of carbonyl (C=O) groups excluding carboxylic acids is 2. The van der Waals surface area contributed by atoms with Crippen LogP contribution in [-0.2, 0) is 4.74 Å². The molecule has 25 heavy (non-hydrogen) atoms. The lowest BCUT2D eigenvalue weighted by atomic mass is 10.2. The SMILES string of the molecule is COC(=O)c1ccc(OC(C)C)c(NC(=O)N(C)CCCN(C)C)c1. The lowest BCUT2D eigenvalue weighted by Gasteiger charge is -2.21. The molecule has 1 N–H and O–H groups in total. The van der Waals surface area contributed by atoms with Gasteiger partial charge in [-0.3, -0.25) is 0 Å². The van der Waals surface area contributed by atoms with Gasteiger partial charge in [-0.25, -0.2) is 9.59 Å². The van der Waals surface area contributed by atoms with Crippen molar-refractivity contribution >= 4 is 17.7 Å². The molecule has 0 atom stereocenters. The number of rotatable bonds is 8. The number of urea groups is 1. The molecule has 140 valence electrons. The first kappa shape index (κ1) is 20.8. The van der Waals surface area contributed by atoms with Crippen molar-refractivity contribution < 1.29 is 19.1 Å². The van der Waals surface area contributed by atoms with Crippen LogP contribution in [0.4, 0.5) is 10.5 Å². The van der Waals surface area contributed by atoms with Gasteiger partial charge in [-0.05, 0) is 59.1 Å². The molecule has 7 nitrogen and oxygen atoms in total. The van der Waals surface area contributed by atoms with Crippen molar-refractivity contribution in [2.45, 2.75) is 26.4 Å². The second-order valence-corrected chi connectivity index (χ2v) is 6.38. The number of nitrogens with one attached hydrogen (secondary N) is 1. The molecule has 7 heteroatoms. The van der Waals surface area contributed by atoms with Crippen LogP contribution < -0.4 is 10.1 Å². The van der Waals surface area contributed by atoms with E-state index in [9.17, 15) is 9.59 Å². The average molecular weight is 351 g/mol. The fourth-order valence-corrected chi connectivity index (χ4v) is 2.17. The molecule has 0 saturated heterocycles. The summed E-state index contributed by atoms with van der Waals surface area (Å²) in [5.74, 6) is 0.0450. The predicted molar refractivity (Wildman–Crippen MR) is 98.4 cm³/mol. The number of benzene rings is 1. The number of hydrogen-bond donors (Lipinski definition) is 1.